The molecule has 0 N–H and O–H groups in total. The van der Waals surface area contributed by atoms with Crippen molar-refractivity contribution in [1.29, 1.82) is 0 Å². The van der Waals surface area contributed by atoms with Crippen molar-refractivity contribution < 1.29 is 23.1 Å². The molecule has 0 bridgehead atoms. The summed E-state index contributed by atoms with van der Waals surface area (Å²) in [4.78, 5) is 31.1. The van der Waals surface area contributed by atoms with Gasteiger partial charge in [0.2, 0.25) is 11.8 Å². The zero-order chi connectivity index (χ0) is 20.5. The summed E-state index contributed by atoms with van der Waals surface area (Å²) in [5.41, 5.74) is 1.14. The molecule has 0 aliphatic heterocycles. The number of nitrogens with zero attached hydrogens (tertiary/aromatic N) is 3. The zero-order valence-corrected chi connectivity index (χ0v) is 16.4. The normalized spacial score (nSPS) is 11.2. The highest BCUT2D eigenvalue weighted by atomic mass is 32.1. The molecule has 2 aromatic rings. The van der Waals surface area contributed by atoms with Gasteiger partial charge in [0.1, 0.15) is 0 Å². The van der Waals surface area contributed by atoms with E-state index in [-0.39, 0.29) is 19.1 Å². The smallest absolute Gasteiger partial charge is 0.255 e. The number of para-hydroxylation sites is 1. The number of alkyl halides is 2. The van der Waals surface area contributed by atoms with E-state index in [1.165, 1.54) is 42.4 Å². The Kier molecular flexibility index (Phi) is 8.21. The molecule has 2 rings (SSSR count). The maximum atomic E-state index is 12.7. The van der Waals surface area contributed by atoms with Gasteiger partial charge in [-0.05, 0) is 18.2 Å². The Labute approximate surface area is 166 Å². The van der Waals surface area contributed by atoms with Gasteiger partial charge in [0.25, 0.3) is 6.43 Å². The van der Waals surface area contributed by atoms with Gasteiger partial charge in [-0.15, -0.1) is 11.3 Å². The van der Waals surface area contributed by atoms with Crippen molar-refractivity contribution in [3.63, 3.8) is 0 Å². The third-order valence-electron chi connectivity index (χ3n) is 3.66. The highest BCUT2D eigenvalue weighted by Crippen LogP contribution is 2.29. The van der Waals surface area contributed by atoms with Crippen molar-refractivity contribution in [1.82, 2.24) is 9.88 Å². The molecule has 6 nitrogen and oxygen atoms in total. The molecular formula is C19H21F2N3O3S. The predicted molar refractivity (Wildman–Crippen MR) is 105 cm³/mol. The first-order valence-corrected chi connectivity index (χ1v) is 9.35. The average molecular weight is 409 g/mol. The van der Waals surface area contributed by atoms with Crippen LogP contribution >= 0.6 is 11.3 Å². The Morgan fingerprint density at radius 2 is 2.00 bits per heavy atom. The van der Waals surface area contributed by atoms with Crippen LogP contribution in [-0.4, -0.2) is 54.9 Å². The van der Waals surface area contributed by atoms with Crippen LogP contribution in [0.1, 0.15) is 12.6 Å². The number of thiazole rings is 1. The maximum Gasteiger partial charge on any atom is 0.255 e. The zero-order valence-electron chi connectivity index (χ0n) is 15.5. The van der Waals surface area contributed by atoms with Crippen LogP contribution in [0.5, 0.6) is 0 Å². The van der Waals surface area contributed by atoms with E-state index in [1.54, 1.807) is 17.5 Å². The van der Waals surface area contributed by atoms with Crippen molar-refractivity contribution >= 4 is 40.0 Å². The molecule has 1 aromatic carbocycles. The molecule has 150 valence electrons. The lowest BCUT2D eigenvalue weighted by molar-refractivity contribution is -0.128. The van der Waals surface area contributed by atoms with Crippen LogP contribution in [0.4, 0.5) is 19.6 Å². The first-order valence-electron chi connectivity index (χ1n) is 8.47. The minimum absolute atomic E-state index is 0.0679. The van der Waals surface area contributed by atoms with Crippen LogP contribution in [0.25, 0.3) is 6.08 Å². The molecule has 9 heteroatoms. The van der Waals surface area contributed by atoms with Crippen molar-refractivity contribution in [2.24, 2.45) is 0 Å². The van der Waals surface area contributed by atoms with E-state index in [4.69, 9.17) is 4.74 Å². The number of aromatic nitrogens is 1. The Bertz CT molecular complexity index is 812. The molecule has 0 radical (unpaired) electrons. The molecule has 2 amide bonds. The minimum Gasteiger partial charge on any atom is -0.383 e. The average Bonchev–Trinajstić information content (AvgIpc) is 3.12. The van der Waals surface area contributed by atoms with Crippen molar-refractivity contribution in [3.8, 4) is 0 Å². The van der Waals surface area contributed by atoms with Crippen LogP contribution in [-0.2, 0) is 14.3 Å². The number of benzene rings is 1. The second-order valence-electron chi connectivity index (χ2n) is 5.75. The summed E-state index contributed by atoms with van der Waals surface area (Å²) >= 11 is 1.24. The molecule has 0 fully saturated rings. The molecule has 0 saturated heterocycles. The predicted octanol–water partition coefficient (Wildman–Crippen LogP) is 3.58. The number of halogens is 2. The van der Waals surface area contributed by atoms with Crippen LogP contribution in [0.3, 0.4) is 0 Å². The molecule has 0 saturated carbocycles. The van der Waals surface area contributed by atoms with E-state index in [2.05, 4.69) is 4.98 Å². The maximum absolute atomic E-state index is 12.7. The molecule has 0 atom stereocenters. The summed E-state index contributed by atoms with van der Waals surface area (Å²) in [6, 6.07) is 9.06. The molecule has 0 spiro atoms. The summed E-state index contributed by atoms with van der Waals surface area (Å²) in [5, 5.41) is 2.14. The number of carbonyl (C=O) groups excluding carboxylic acids is 2. The molecule has 0 aliphatic rings. The molecule has 0 aliphatic carbocycles. The Hall–Kier alpha value is -2.65. The van der Waals surface area contributed by atoms with Gasteiger partial charge < -0.3 is 9.64 Å². The van der Waals surface area contributed by atoms with Gasteiger partial charge in [-0.2, -0.15) is 0 Å². The molecule has 0 unspecified atom stereocenters. The fourth-order valence-electron chi connectivity index (χ4n) is 2.38. The number of anilines is 2. The molecule has 28 heavy (non-hydrogen) atoms. The topological polar surface area (TPSA) is 62.7 Å². The number of amides is 2. The van der Waals surface area contributed by atoms with Crippen LogP contribution in [0.15, 0.2) is 41.8 Å². The van der Waals surface area contributed by atoms with E-state index in [0.717, 1.165) is 4.90 Å². The van der Waals surface area contributed by atoms with E-state index in [1.807, 2.05) is 18.2 Å². The first kappa shape index (κ1) is 21.6. The van der Waals surface area contributed by atoms with Gasteiger partial charge >= 0.3 is 0 Å². The number of ether oxygens (including phenoxy) is 1. The van der Waals surface area contributed by atoms with Gasteiger partial charge in [-0.1, -0.05) is 18.2 Å². The fraction of sp³-hybridized carbons (Fsp3) is 0.316. The summed E-state index contributed by atoms with van der Waals surface area (Å²) in [7, 11) is 1.44. The lowest BCUT2D eigenvalue weighted by Crippen LogP contribution is -2.36. The second kappa shape index (κ2) is 10.6. The number of hydrogen-bond acceptors (Lipinski definition) is 5. The number of rotatable bonds is 9. The van der Waals surface area contributed by atoms with E-state index < -0.39 is 18.9 Å². The second-order valence-corrected chi connectivity index (χ2v) is 6.58. The standard InChI is InChI=1S/C19H21F2N3O3S/c1-14(25)24(16-6-4-3-5-7-16)19-22-15(13-28-19)8-9-18(26)23(10-11-27-2)12-17(20)21/h3-9,13,17H,10-12H2,1-2H3/b9-8+. The van der Waals surface area contributed by atoms with Crippen molar-refractivity contribution in [2.75, 3.05) is 31.7 Å². The SMILES string of the molecule is COCCN(CC(F)F)C(=O)/C=C/c1csc(N(C(C)=O)c2ccccc2)n1. The fourth-order valence-corrected chi connectivity index (χ4v) is 3.24. The summed E-state index contributed by atoms with van der Waals surface area (Å²) in [6.07, 6.45) is 0.00379. The van der Waals surface area contributed by atoms with Gasteiger partial charge in [-0.25, -0.2) is 13.8 Å². The van der Waals surface area contributed by atoms with Gasteiger partial charge in [0.05, 0.1) is 24.5 Å². The third kappa shape index (κ3) is 6.21. The van der Waals surface area contributed by atoms with Crippen LogP contribution in [0, 0.1) is 0 Å². The van der Waals surface area contributed by atoms with E-state index >= 15 is 0 Å². The lowest BCUT2D eigenvalue weighted by Gasteiger charge is -2.20. The lowest BCUT2D eigenvalue weighted by atomic mass is 10.3. The van der Waals surface area contributed by atoms with Gasteiger partial charge in [-0.3, -0.25) is 14.5 Å². The van der Waals surface area contributed by atoms with Gasteiger partial charge in [0.15, 0.2) is 5.13 Å². The summed E-state index contributed by atoms with van der Waals surface area (Å²) in [5.74, 6) is -0.756. The third-order valence-corrected chi connectivity index (χ3v) is 4.51. The Morgan fingerprint density at radius 3 is 2.61 bits per heavy atom. The Morgan fingerprint density at radius 1 is 1.29 bits per heavy atom. The molecule has 1 heterocycles. The largest absolute Gasteiger partial charge is 0.383 e. The molecular weight excluding hydrogens is 388 g/mol. The summed E-state index contributed by atoms with van der Waals surface area (Å²) < 4.78 is 30.2. The quantitative estimate of drug-likeness (QED) is 0.594. The highest BCUT2D eigenvalue weighted by molar-refractivity contribution is 7.14. The van der Waals surface area contributed by atoms with Crippen LogP contribution in [0.2, 0.25) is 0 Å². The first-order chi connectivity index (χ1) is 13.4. The Balaban J connectivity index is 2.13. The molecule has 1 aromatic heterocycles. The van der Waals surface area contributed by atoms with Crippen LogP contribution < -0.4 is 4.90 Å². The monoisotopic (exact) mass is 409 g/mol. The van der Waals surface area contributed by atoms with Crippen molar-refractivity contribution in [2.45, 2.75) is 13.3 Å². The van der Waals surface area contributed by atoms with Crippen molar-refractivity contribution in [3.05, 3.63) is 47.5 Å². The minimum atomic E-state index is -2.63. The summed E-state index contributed by atoms with van der Waals surface area (Å²) in [6.45, 7) is 1.00. The highest BCUT2D eigenvalue weighted by Gasteiger charge is 2.18. The number of carbonyl (C=O) groups is 2. The number of methoxy groups -OCH3 is 1. The van der Waals surface area contributed by atoms with Gasteiger partial charge in [0, 0.05) is 32.0 Å². The van der Waals surface area contributed by atoms with E-state index in [0.29, 0.717) is 16.5 Å². The number of hydrogen-bond donors (Lipinski definition) is 0. The van der Waals surface area contributed by atoms with E-state index in [9.17, 15) is 18.4 Å².